The number of hydrogen-bond donors (Lipinski definition) is 0. The Morgan fingerprint density at radius 1 is 1.00 bits per heavy atom. The molecule has 4 rings (SSSR count). The van der Waals surface area contributed by atoms with Gasteiger partial charge in [0.1, 0.15) is 5.82 Å². The van der Waals surface area contributed by atoms with Crippen LogP contribution in [0.15, 0.2) is 54.1 Å². The van der Waals surface area contributed by atoms with Gasteiger partial charge < -0.3 is 4.90 Å². The Kier molecular flexibility index (Phi) is 6.18. The summed E-state index contributed by atoms with van der Waals surface area (Å²) in [6.07, 6.45) is 2.44. The molecule has 0 aromatic heterocycles. The molecule has 0 spiro atoms. The SMILES string of the molecule is C/C=C(\C)CN1CCN(c2cccc3c2C(=O)N(CCc2ccccc2F)C3=O)CC1. The zero-order valence-corrected chi connectivity index (χ0v) is 18.1. The molecule has 2 aliphatic rings. The van der Waals surface area contributed by atoms with Crippen molar-refractivity contribution in [2.45, 2.75) is 20.3 Å². The summed E-state index contributed by atoms with van der Waals surface area (Å²) in [5.74, 6) is -0.884. The molecule has 0 bridgehead atoms. The fourth-order valence-corrected chi connectivity index (χ4v) is 4.31. The average molecular weight is 422 g/mol. The van der Waals surface area contributed by atoms with Gasteiger partial charge in [0.25, 0.3) is 11.8 Å². The molecule has 0 atom stereocenters. The monoisotopic (exact) mass is 421 g/mol. The largest absolute Gasteiger partial charge is 0.368 e. The van der Waals surface area contributed by atoms with Crippen LogP contribution in [0.1, 0.15) is 40.1 Å². The molecule has 1 saturated heterocycles. The molecular formula is C25H28FN3O2. The van der Waals surface area contributed by atoms with Gasteiger partial charge in [0.15, 0.2) is 0 Å². The lowest BCUT2D eigenvalue weighted by atomic mass is 10.1. The molecule has 5 nitrogen and oxygen atoms in total. The van der Waals surface area contributed by atoms with Gasteiger partial charge in [-0.15, -0.1) is 0 Å². The van der Waals surface area contributed by atoms with E-state index >= 15 is 0 Å². The lowest BCUT2D eigenvalue weighted by Gasteiger charge is -2.36. The second-order valence-electron chi connectivity index (χ2n) is 8.20. The van der Waals surface area contributed by atoms with Crippen LogP contribution in [0.5, 0.6) is 0 Å². The zero-order chi connectivity index (χ0) is 22.0. The van der Waals surface area contributed by atoms with Gasteiger partial charge in [-0.3, -0.25) is 19.4 Å². The maximum atomic E-state index is 14.0. The van der Waals surface area contributed by atoms with Crippen LogP contribution >= 0.6 is 0 Å². The Morgan fingerprint density at radius 3 is 2.45 bits per heavy atom. The Morgan fingerprint density at radius 2 is 1.74 bits per heavy atom. The van der Waals surface area contributed by atoms with Crippen molar-refractivity contribution in [2.24, 2.45) is 0 Å². The van der Waals surface area contributed by atoms with E-state index in [0.29, 0.717) is 23.1 Å². The van der Waals surface area contributed by atoms with Gasteiger partial charge in [-0.05, 0) is 44.0 Å². The normalized spacial score (nSPS) is 17.5. The highest BCUT2D eigenvalue weighted by molar-refractivity contribution is 6.23. The number of fused-ring (bicyclic) bond motifs is 1. The fourth-order valence-electron chi connectivity index (χ4n) is 4.31. The molecule has 2 amide bonds. The molecule has 0 saturated carbocycles. The minimum absolute atomic E-state index is 0.170. The van der Waals surface area contributed by atoms with E-state index in [1.54, 1.807) is 24.3 Å². The minimum Gasteiger partial charge on any atom is -0.368 e. The summed E-state index contributed by atoms with van der Waals surface area (Å²) < 4.78 is 14.0. The Labute approximate surface area is 182 Å². The van der Waals surface area contributed by atoms with Crippen LogP contribution in [-0.2, 0) is 6.42 Å². The van der Waals surface area contributed by atoms with Crippen molar-refractivity contribution in [3.05, 3.63) is 76.6 Å². The van der Waals surface area contributed by atoms with Gasteiger partial charge in [-0.1, -0.05) is 35.9 Å². The highest BCUT2D eigenvalue weighted by Crippen LogP contribution is 2.32. The first kappa shape index (κ1) is 21.2. The summed E-state index contributed by atoms with van der Waals surface area (Å²) in [5, 5.41) is 0. The molecule has 2 aromatic rings. The summed E-state index contributed by atoms with van der Waals surface area (Å²) in [4.78, 5) is 32.0. The molecule has 2 heterocycles. The fraction of sp³-hybridized carbons (Fsp3) is 0.360. The second-order valence-corrected chi connectivity index (χ2v) is 8.20. The third kappa shape index (κ3) is 4.26. The van der Waals surface area contributed by atoms with Gasteiger partial charge >= 0.3 is 0 Å². The van der Waals surface area contributed by atoms with E-state index in [4.69, 9.17) is 0 Å². The van der Waals surface area contributed by atoms with Crippen LogP contribution in [0.25, 0.3) is 0 Å². The van der Waals surface area contributed by atoms with Crippen molar-refractivity contribution in [1.82, 2.24) is 9.80 Å². The third-order valence-corrected chi connectivity index (χ3v) is 6.22. The molecule has 162 valence electrons. The number of allylic oxidation sites excluding steroid dienone is 1. The molecule has 31 heavy (non-hydrogen) atoms. The first-order chi connectivity index (χ1) is 15.0. The summed E-state index contributed by atoms with van der Waals surface area (Å²) in [6.45, 7) is 8.76. The van der Waals surface area contributed by atoms with Crippen molar-refractivity contribution >= 4 is 17.5 Å². The number of amides is 2. The average Bonchev–Trinajstić information content (AvgIpc) is 3.03. The number of hydrogen-bond acceptors (Lipinski definition) is 4. The number of carbonyl (C=O) groups is 2. The zero-order valence-electron chi connectivity index (χ0n) is 18.1. The predicted molar refractivity (Wildman–Crippen MR) is 120 cm³/mol. The first-order valence-corrected chi connectivity index (χ1v) is 10.8. The topological polar surface area (TPSA) is 43.9 Å². The summed E-state index contributed by atoms with van der Waals surface area (Å²) in [7, 11) is 0. The van der Waals surface area contributed by atoms with Crippen LogP contribution < -0.4 is 4.90 Å². The predicted octanol–water partition coefficient (Wildman–Crippen LogP) is 3.75. The molecule has 0 unspecified atom stereocenters. The highest BCUT2D eigenvalue weighted by Gasteiger charge is 2.38. The lowest BCUT2D eigenvalue weighted by molar-refractivity contribution is 0.0656. The van der Waals surface area contributed by atoms with Crippen LogP contribution in [0.2, 0.25) is 0 Å². The number of rotatable bonds is 6. The Balaban J connectivity index is 1.49. The molecule has 0 aliphatic carbocycles. The van der Waals surface area contributed by atoms with Crippen molar-refractivity contribution in [3.8, 4) is 0 Å². The van der Waals surface area contributed by atoms with Gasteiger partial charge in [0, 0.05) is 39.3 Å². The number of benzene rings is 2. The third-order valence-electron chi connectivity index (χ3n) is 6.22. The van der Waals surface area contributed by atoms with Gasteiger partial charge in [-0.25, -0.2) is 4.39 Å². The van der Waals surface area contributed by atoms with Crippen molar-refractivity contribution in [1.29, 1.82) is 0 Å². The van der Waals surface area contributed by atoms with Gasteiger partial charge in [0.2, 0.25) is 0 Å². The number of imide groups is 1. The van der Waals surface area contributed by atoms with E-state index in [1.165, 1.54) is 16.5 Å². The van der Waals surface area contributed by atoms with Gasteiger partial charge in [0.05, 0.1) is 16.8 Å². The number of halogens is 1. The number of carbonyl (C=O) groups excluding carboxylic acids is 2. The molecule has 2 aromatic carbocycles. The van der Waals surface area contributed by atoms with Gasteiger partial charge in [-0.2, -0.15) is 0 Å². The van der Waals surface area contributed by atoms with E-state index in [1.807, 2.05) is 12.1 Å². The maximum Gasteiger partial charge on any atom is 0.263 e. The molecule has 1 fully saturated rings. The maximum absolute atomic E-state index is 14.0. The Bertz CT molecular complexity index is 1030. The minimum atomic E-state index is -0.314. The lowest BCUT2D eigenvalue weighted by Crippen LogP contribution is -2.47. The number of anilines is 1. The molecule has 2 aliphatic heterocycles. The van der Waals surface area contributed by atoms with E-state index in [9.17, 15) is 14.0 Å². The van der Waals surface area contributed by atoms with Crippen LogP contribution in [-0.4, -0.2) is 60.9 Å². The van der Waals surface area contributed by atoms with Crippen molar-refractivity contribution in [3.63, 3.8) is 0 Å². The summed E-state index contributed by atoms with van der Waals surface area (Å²) in [6, 6.07) is 12.0. The Hall–Kier alpha value is -2.99. The smallest absolute Gasteiger partial charge is 0.263 e. The highest BCUT2D eigenvalue weighted by atomic mass is 19.1. The molecule has 0 radical (unpaired) electrons. The number of piperazine rings is 1. The molecule has 6 heteroatoms. The van der Waals surface area contributed by atoms with Crippen LogP contribution in [0.3, 0.4) is 0 Å². The first-order valence-electron chi connectivity index (χ1n) is 10.8. The molecule has 0 N–H and O–H groups in total. The summed E-state index contributed by atoms with van der Waals surface area (Å²) in [5.41, 5.74) is 3.61. The van der Waals surface area contributed by atoms with E-state index < -0.39 is 0 Å². The standard InChI is InChI=1S/C25H28FN3O2/c1-3-18(2)17-27-13-15-28(16-14-27)22-10-6-8-20-23(22)25(31)29(24(20)30)12-11-19-7-4-5-9-21(19)26/h3-10H,11-17H2,1-2H3/b18-3+. The second kappa shape index (κ2) is 9.02. The van der Waals surface area contributed by atoms with E-state index in [0.717, 1.165) is 38.4 Å². The van der Waals surface area contributed by atoms with Crippen molar-refractivity contribution < 1.29 is 14.0 Å². The number of nitrogens with zero attached hydrogens (tertiary/aromatic N) is 3. The van der Waals surface area contributed by atoms with Crippen LogP contribution in [0.4, 0.5) is 10.1 Å². The summed E-state index contributed by atoms with van der Waals surface area (Å²) >= 11 is 0. The van der Waals surface area contributed by atoms with E-state index in [-0.39, 0.29) is 24.2 Å². The van der Waals surface area contributed by atoms with E-state index in [2.05, 4.69) is 29.7 Å². The van der Waals surface area contributed by atoms with Crippen molar-refractivity contribution in [2.75, 3.05) is 44.2 Å². The molecular weight excluding hydrogens is 393 g/mol. The van der Waals surface area contributed by atoms with Crippen LogP contribution in [0, 0.1) is 5.82 Å². The quantitative estimate of drug-likeness (QED) is 0.526.